The average molecular weight is 317 g/mol. The summed E-state index contributed by atoms with van der Waals surface area (Å²) in [5.74, 6) is 0. The quantitative estimate of drug-likeness (QED) is 0.439. The number of benzene rings is 1. The third kappa shape index (κ3) is 3.88. The lowest BCUT2D eigenvalue weighted by Gasteiger charge is -2.23. The summed E-state index contributed by atoms with van der Waals surface area (Å²) in [7, 11) is -3.81. The van der Waals surface area contributed by atoms with Crippen molar-refractivity contribution >= 4 is 21.4 Å². The number of nitrogen functional groups attached to an aromatic ring is 1. The fraction of sp³-hybridized carbons (Fsp3) is 0.455. The maximum absolute atomic E-state index is 12.1. The van der Waals surface area contributed by atoms with Gasteiger partial charge in [0.2, 0.25) is 10.0 Å². The van der Waals surface area contributed by atoms with Gasteiger partial charge in [0.15, 0.2) is 0 Å². The molecular formula is C11H15N3O6S. The molecule has 1 unspecified atom stereocenters. The Balaban J connectivity index is 2.08. The first-order valence-corrected chi connectivity index (χ1v) is 7.61. The SMILES string of the molecule is Nc1cc(S(=O)(=O)NCC2COCCO2)ccc1[N+](=O)[O-]. The van der Waals surface area contributed by atoms with Crippen molar-refractivity contribution in [2.24, 2.45) is 0 Å². The molecule has 9 nitrogen and oxygen atoms in total. The summed E-state index contributed by atoms with van der Waals surface area (Å²) in [6, 6.07) is 3.25. The fourth-order valence-corrected chi connectivity index (χ4v) is 2.91. The summed E-state index contributed by atoms with van der Waals surface area (Å²) < 4.78 is 37.0. The van der Waals surface area contributed by atoms with Gasteiger partial charge in [0, 0.05) is 12.6 Å². The van der Waals surface area contributed by atoms with Gasteiger partial charge >= 0.3 is 0 Å². The number of nitro benzene ring substituents is 1. The van der Waals surface area contributed by atoms with Crippen LogP contribution in [0.25, 0.3) is 0 Å². The van der Waals surface area contributed by atoms with E-state index in [-0.39, 0.29) is 28.9 Å². The molecule has 21 heavy (non-hydrogen) atoms. The van der Waals surface area contributed by atoms with E-state index in [1.54, 1.807) is 0 Å². The molecule has 116 valence electrons. The molecule has 0 amide bonds. The molecule has 1 saturated heterocycles. The minimum absolute atomic E-state index is 0.0548. The van der Waals surface area contributed by atoms with Crippen molar-refractivity contribution in [3.8, 4) is 0 Å². The predicted molar refractivity (Wildman–Crippen MR) is 73.3 cm³/mol. The summed E-state index contributed by atoms with van der Waals surface area (Å²) in [5.41, 5.74) is 4.94. The third-order valence-electron chi connectivity index (χ3n) is 2.89. The van der Waals surface area contributed by atoms with Crippen molar-refractivity contribution in [3.05, 3.63) is 28.3 Å². The predicted octanol–water partition coefficient (Wildman–Crippen LogP) is -0.129. The van der Waals surface area contributed by atoms with E-state index in [2.05, 4.69) is 4.72 Å². The minimum Gasteiger partial charge on any atom is -0.393 e. The third-order valence-corrected chi connectivity index (χ3v) is 4.31. The Morgan fingerprint density at radius 2 is 2.19 bits per heavy atom. The monoisotopic (exact) mass is 317 g/mol. The molecule has 2 rings (SSSR count). The highest BCUT2D eigenvalue weighted by atomic mass is 32.2. The molecule has 0 saturated carbocycles. The summed E-state index contributed by atoms with van der Waals surface area (Å²) in [4.78, 5) is 9.83. The molecule has 10 heteroatoms. The highest BCUT2D eigenvalue weighted by Gasteiger charge is 2.21. The van der Waals surface area contributed by atoms with E-state index >= 15 is 0 Å². The van der Waals surface area contributed by atoms with Crippen LogP contribution in [0, 0.1) is 10.1 Å². The van der Waals surface area contributed by atoms with Crippen LogP contribution in [-0.4, -0.2) is 45.8 Å². The van der Waals surface area contributed by atoms with Crippen molar-refractivity contribution in [1.29, 1.82) is 0 Å². The van der Waals surface area contributed by atoms with E-state index in [4.69, 9.17) is 15.2 Å². The Morgan fingerprint density at radius 3 is 2.76 bits per heavy atom. The van der Waals surface area contributed by atoms with Crippen LogP contribution < -0.4 is 10.5 Å². The molecule has 0 bridgehead atoms. The van der Waals surface area contributed by atoms with Gasteiger partial charge in [-0.3, -0.25) is 10.1 Å². The average Bonchev–Trinajstić information content (AvgIpc) is 2.46. The summed E-state index contributed by atoms with van der Waals surface area (Å²) in [6.07, 6.45) is -0.357. The van der Waals surface area contributed by atoms with Gasteiger partial charge in [-0.1, -0.05) is 0 Å². The van der Waals surface area contributed by atoms with Gasteiger partial charge < -0.3 is 15.2 Å². The van der Waals surface area contributed by atoms with Gasteiger partial charge in [-0.05, 0) is 12.1 Å². The highest BCUT2D eigenvalue weighted by Crippen LogP contribution is 2.24. The van der Waals surface area contributed by atoms with E-state index in [1.807, 2.05) is 0 Å². The summed E-state index contributed by atoms with van der Waals surface area (Å²) >= 11 is 0. The maximum atomic E-state index is 12.1. The lowest BCUT2D eigenvalue weighted by molar-refractivity contribution is -0.383. The van der Waals surface area contributed by atoms with Gasteiger partial charge in [0.05, 0.1) is 35.7 Å². The molecule has 1 atom stereocenters. The lowest BCUT2D eigenvalue weighted by atomic mass is 10.3. The second kappa shape index (κ2) is 6.35. The first-order valence-electron chi connectivity index (χ1n) is 6.13. The van der Waals surface area contributed by atoms with Crippen molar-refractivity contribution in [2.75, 3.05) is 32.1 Å². The molecule has 1 heterocycles. The smallest absolute Gasteiger partial charge is 0.292 e. The number of anilines is 1. The molecule has 1 aromatic carbocycles. The normalized spacial score (nSPS) is 19.3. The number of ether oxygens (including phenoxy) is 2. The van der Waals surface area contributed by atoms with Crippen LogP contribution in [0.1, 0.15) is 0 Å². The van der Waals surface area contributed by atoms with Crippen LogP contribution in [0.4, 0.5) is 11.4 Å². The fourth-order valence-electron chi connectivity index (χ4n) is 1.81. The van der Waals surface area contributed by atoms with Crippen LogP contribution in [0.2, 0.25) is 0 Å². The Kier molecular flexibility index (Phi) is 4.73. The summed E-state index contributed by atoms with van der Waals surface area (Å²) in [5, 5.41) is 10.6. The minimum atomic E-state index is -3.81. The second-order valence-electron chi connectivity index (χ2n) is 4.40. The van der Waals surface area contributed by atoms with Gasteiger partial charge in [-0.15, -0.1) is 0 Å². The topological polar surface area (TPSA) is 134 Å². The Labute approximate surface area is 121 Å². The molecule has 1 aromatic rings. The molecule has 0 aliphatic carbocycles. The van der Waals surface area contributed by atoms with Gasteiger partial charge in [-0.25, -0.2) is 13.1 Å². The van der Waals surface area contributed by atoms with Gasteiger partial charge in [-0.2, -0.15) is 0 Å². The van der Waals surface area contributed by atoms with Gasteiger partial charge in [0.25, 0.3) is 5.69 Å². The number of hydrogen-bond acceptors (Lipinski definition) is 7. The lowest BCUT2D eigenvalue weighted by Crippen LogP contribution is -2.39. The zero-order chi connectivity index (χ0) is 15.5. The maximum Gasteiger partial charge on any atom is 0.292 e. The number of hydrogen-bond donors (Lipinski definition) is 2. The van der Waals surface area contributed by atoms with Crippen LogP contribution >= 0.6 is 0 Å². The molecule has 3 N–H and O–H groups in total. The van der Waals surface area contributed by atoms with E-state index < -0.39 is 14.9 Å². The number of nitrogens with two attached hydrogens (primary N) is 1. The summed E-state index contributed by atoms with van der Waals surface area (Å²) in [6.45, 7) is 1.27. The van der Waals surface area contributed by atoms with E-state index in [0.29, 0.717) is 19.8 Å². The zero-order valence-corrected chi connectivity index (χ0v) is 11.8. The number of nitrogens with one attached hydrogen (secondary N) is 1. The first kappa shape index (κ1) is 15.6. The van der Waals surface area contributed by atoms with E-state index in [0.717, 1.165) is 18.2 Å². The van der Waals surface area contributed by atoms with Crippen molar-refractivity contribution < 1.29 is 22.8 Å². The van der Waals surface area contributed by atoms with Gasteiger partial charge in [0.1, 0.15) is 5.69 Å². The molecular weight excluding hydrogens is 302 g/mol. The van der Waals surface area contributed by atoms with Crippen molar-refractivity contribution in [2.45, 2.75) is 11.0 Å². The zero-order valence-electron chi connectivity index (χ0n) is 11.0. The highest BCUT2D eigenvalue weighted by molar-refractivity contribution is 7.89. The van der Waals surface area contributed by atoms with Crippen molar-refractivity contribution in [3.63, 3.8) is 0 Å². The number of nitrogens with zero attached hydrogens (tertiary/aromatic N) is 1. The van der Waals surface area contributed by atoms with Crippen molar-refractivity contribution in [1.82, 2.24) is 4.72 Å². The second-order valence-corrected chi connectivity index (χ2v) is 6.16. The number of sulfonamides is 1. The van der Waals surface area contributed by atoms with Crippen LogP contribution in [0.15, 0.2) is 23.1 Å². The number of nitro groups is 1. The molecule has 0 spiro atoms. The van der Waals surface area contributed by atoms with E-state index in [9.17, 15) is 18.5 Å². The molecule has 1 aliphatic heterocycles. The number of rotatable bonds is 5. The molecule has 1 aliphatic rings. The molecule has 0 radical (unpaired) electrons. The largest absolute Gasteiger partial charge is 0.393 e. The van der Waals surface area contributed by atoms with Crippen LogP contribution in [-0.2, 0) is 19.5 Å². The van der Waals surface area contributed by atoms with Crippen LogP contribution in [0.3, 0.4) is 0 Å². The Morgan fingerprint density at radius 1 is 1.43 bits per heavy atom. The molecule has 0 aromatic heterocycles. The Hall–Kier alpha value is -1.75. The molecule has 1 fully saturated rings. The van der Waals surface area contributed by atoms with Crippen LogP contribution in [0.5, 0.6) is 0 Å². The first-order chi connectivity index (χ1) is 9.90. The van der Waals surface area contributed by atoms with E-state index in [1.165, 1.54) is 0 Å². The Bertz CT molecular complexity index is 627. The standard InChI is InChI=1S/C11H15N3O6S/c12-10-5-9(1-2-11(10)14(15)16)21(17,18)13-6-8-7-19-3-4-20-8/h1-2,5,8,13H,3-4,6-7,12H2.